The summed E-state index contributed by atoms with van der Waals surface area (Å²) in [6.07, 6.45) is 2.91. The summed E-state index contributed by atoms with van der Waals surface area (Å²) in [5, 5.41) is 12.9. The molecule has 0 bridgehead atoms. The Hall–Kier alpha value is -1.04. The van der Waals surface area contributed by atoms with Crippen molar-refractivity contribution in [2.45, 2.75) is 18.4 Å². The molecule has 2 N–H and O–H groups in total. The summed E-state index contributed by atoms with van der Waals surface area (Å²) in [5.41, 5.74) is -0.0918. The number of halogens is 1. The SMILES string of the molecule is Cn1cc(Cl)cc1C(=O)NC1(CO)CCOCC1. The van der Waals surface area contributed by atoms with Crippen molar-refractivity contribution in [2.24, 2.45) is 7.05 Å². The molecule has 0 aliphatic carbocycles. The number of rotatable bonds is 3. The molecule has 1 aromatic rings. The third-order valence-electron chi connectivity index (χ3n) is 3.34. The molecular weight excluding hydrogens is 256 g/mol. The van der Waals surface area contributed by atoms with Crippen LogP contribution in [0.2, 0.25) is 5.02 Å². The van der Waals surface area contributed by atoms with Gasteiger partial charge in [-0.2, -0.15) is 0 Å². The molecule has 0 saturated carbocycles. The molecule has 6 heteroatoms. The lowest BCUT2D eigenvalue weighted by Gasteiger charge is -2.36. The van der Waals surface area contributed by atoms with E-state index in [0.29, 0.717) is 36.8 Å². The van der Waals surface area contributed by atoms with E-state index in [1.807, 2.05) is 0 Å². The van der Waals surface area contributed by atoms with Crippen molar-refractivity contribution in [3.05, 3.63) is 23.0 Å². The summed E-state index contributed by atoms with van der Waals surface area (Å²) >= 11 is 5.85. The largest absolute Gasteiger partial charge is 0.394 e. The average molecular weight is 273 g/mol. The van der Waals surface area contributed by atoms with Crippen LogP contribution in [0.15, 0.2) is 12.3 Å². The van der Waals surface area contributed by atoms with Crippen molar-refractivity contribution in [3.63, 3.8) is 0 Å². The Morgan fingerprint density at radius 1 is 1.61 bits per heavy atom. The smallest absolute Gasteiger partial charge is 0.268 e. The van der Waals surface area contributed by atoms with Crippen LogP contribution in [0, 0.1) is 0 Å². The maximum Gasteiger partial charge on any atom is 0.268 e. The van der Waals surface area contributed by atoms with Gasteiger partial charge < -0.3 is 19.7 Å². The van der Waals surface area contributed by atoms with Crippen molar-refractivity contribution < 1.29 is 14.6 Å². The van der Waals surface area contributed by atoms with Gasteiger partial charge in [0.15, 0.2) is 0 Å². The Bertz CT molecular complexity index is 439. The normalized spacial score (nSPS) is 18.6. The second-order valence-electron chi connectivity index (χ2n) is 4.66. The first-order valence-corrected chi connectivity index (χ1v) is 6.27. The molecule has 0 atom stereocenters. The van der Waals surface area contributed by atoms with Gasteiger partial charge in [-0.05, 0) is 18.9 Å². The molecule has 1 saturated heterocycles. The summed E-state index contributed by atoms with van der Waals surface area (Å²) in [6, 6.07) is 1.61. The molecule has 1 aliphatic rings. The minimum atomic E-state index is -0.577. The lowest BCUT2D eigenvalue weighted by atomic mass is 9.91. The third-order valence-corrected chi connectivity index (χ3v) is 3.54. The zero-order valence-electron chi connectivity index (χ0n) is 10.3. The average Bonchev–Trinajstić information content (AvgIpc) is 2.70. The van der Waals surface area contributed by atoms with Crippen LogP contribution in [0.5, 0.6) is 0 Å². The minimum absolute atomic E-state index is 0.0831. The number of aryl methyl sites for hydroxylation is 1. The van der Waals surface area contributed by atoms with Crippen molar-refractivity contribution in [1.82, 2.24) is 9.88 Å². The maximum atomic E-state index is 12.2. The molecule has 1 aromatic heterocycles. The lowest BCUT2D eigenvalue weighted by molar-refractivity contribution is 0.0124. The van der Waals surface area contributed by atoms with Gasteiger partial charge in [-0.25, -0.2) is 0 Å². The maximum absolute atomic E-state index is 12.2. The quantitative estimate of drug-likeness (QED) is 0.861. The molecule has 1 aliphatic heterocycles. The molecule has 1 amide bonds. The van der Waals surface area contributed by atoms with Crippen LogP contribution in [0.25, 0.3) is 0 Å². The van der Waals surface area contributed by atoms with Crippen molar-refractivity contribution >= 4 is 17.5 Å². The van der Waals surface area contributed by atoms with E-state index < -0.39 is 5.54 Å². The predicted molar refractivity (Wildman–Crippen MR) is 67.8 cm³/mol. The van der Waals surface area contributed by atoms with Crippen LogP contribution in [0.3, 0.4) is 0 Å². The van der Waals surface area contributed by atoms with Gasteiger partial charge in [0, 0.05) is 26.5 Å². The molecular formula is C12H17ClN2O3. The van der Waals surface area contributed by atoms with E-state index in [2.05, 4.69) is 5.32 Å². The highest BCUT2D eigenvalue weighted by Gasteiger charge is 2.34. The minimum Gasteiger partial charge on any atom is -0.394 e. The number of aliphatic hydroxyl groups excluding tert-OH is 1. The number of nitrogens with zero attached hydrogens (tertiary/aromatic N) is 1. The Morgan fingerprint density at radius 2 is 2.28 bits per heavy atom. The number of aromatic nitrogens is 1. The van der Waals surface area contributed by atoms with Gasteiger partial charge in [-0.15, -0.1) is 0 Å². The third kappa shape index (κ3) is 2.68. The number of carbonyl (C=O) groups is 1. The molecule has 0 aromatic carbocycles. The van der Waals surface area contributed by atoms with E-state index in [1.165, 1.54) is 0 Å². The van der Waals surface area contributed by atoms with Gasteiger partial charge in [0.2, 0.25) is 0 Å². The van der Waals surface area contributed by atoms with E-state index in [9.17, 15) is 9.90 Å². The highest BCUT2D eigenvalue weighted by molar-refractivity contribution is 6.31. The topological polar surface area (TPSA) is 63.5 Å². The first kappa shape index (κ1) is 13.4. The number of carbonyl (C=O) groups excluding carboxylic acids is 1. The Kier molecular flexibility index (Phi) is 3.94. The van der Waals surface area contributed by atoms with Gasteiger partial charge >= 0.3 is 0 Å². The van der Waals surface area contributed by atoms with E-state index >= 15 is 0 Å². The zero-order chi connectivity index (χ0) is 13.2. The lowest BCUT2D eigenvalue weighted by Crippen LogP contribution is -2.54. The van der Waals surface area contributed by atoms with Gasteiger partial charge in [0.25, 0.3) is 5.91 Å². The van der Waals surface area contributed by atoms with E-state index in [0.717, 1.165) is 0 Å². The van der Waals surface area contributed by atoms with E-state index in [1.54, 1.807) is 23.9 Å². The second kappa shape index (κ2) is 5.30. The van der Waals surface area contributed by atoms with Gasteiger partial charge in [0.1, 0.15) is 5.69 Å². The van der Waals surface area contributed by atoms with Crippen molar-refractivity contribution in [1.29, 1.82) is 0 Å². The van der Waals surface area contributed by atoms with Gasteiger partial charge in [-0.1, -0.05) is 11.6 Å². The molecule has 18 heavy (non-hydrogen) atoms. The van der Waals surface area contributed by atoms with Crippen LogP contribution < -0.4 is 5.32 Å². The number of nitrogens with one attached hydrogen (secondary N) is 1. The van der Waals surface area contributed by atoms with Crippen LogP contribution in [0.4, 0.5) is 0 Å². The number of aliphatic hydroxyl groups is 1. The van der Waals surface area contributed by atoms with Crippen LogP contribution in [-0.2, 0) is 11.8 Å². The summed E-state index contributed by atoms with van der Waals surface area (Å²) in [5.74, 6) is -0.222. The second-order valence-corrected chi connectivity index (χ2v) is 5.10. The van der Waals surface area contributed by atoms with E-state index in [4.69, 9.17) is 16.3 Å². The fraction of sp³-hybridized carbons (Fsp3) is 0.583. The standard InChI is InChI=1S/C12H17ClN2O3/c1-15-7-9(13)6-10(15)11(17)14-12(8-16)2-4-18-5-3-12/h6-7,16H,2-5,8H2,1H3,(H,14,17). The Morgan fingerprint density at radius 3 is 2.78 bits per heavy atom. The summed E-state index contributed by atoms with van der Waals surface area (Å²) in [4.78, 5) is 12.2. The van der Waals surface area contributed by atoms with Crippen molar-refractivity contribution in [2.75, 3.05) is 19.8 Å². The molecule has 100 valence electrons. The Labute approximate surface area is 111 Å². The fourth-order valence-electron chi connectivity index (χ4n) is 2.14. The molecule has 0 unspecified atom stereocenters. The van der Waals surface area contributed by atoms with Crippen molar-refractivity contribution in [3.8, 4) is 0 Å². The molecule has 2 heterocycles. The van der Waals surface area contributed by atoms with Crippen LogP contribution in [-0.4, -0.2) is 40.9 Å². The molecule has 5 nitrogen and oxygen atoms in total. The fourth-order valence-corrected chi connectivity index (χ4v) is 2.39. The molecule has 1 fully saturated rings. The number of hydrogen-bond acceptors (Lipinski definition) is 3. The Balaban J connectivity index is 2.12. The van der Waals surface area contributed by atoms with E-state index in [-0.39, 0.29) is 12.5 Å². The number of ether oxygens (including phenoxy) is 1. The predicted octanol–water partition coefficient (Wildman–Crippen LogP) is 0.950. The monoisotopic (exact) mass is 272 g/mol. The molecule has 0 radical (unpaired) electrons. The molecule has 2 rings (SSSR count). The zero-order valence-corrected chi connectivity index (χ0v) is 11.0. The highest BCUT2D eigenvalue weighted by Crippen LogP contribution is 2.21. The van der Waals surface area contributed by atoms with Crippen LogP contribution >= 0.6 is 11.6 Å². The first-order valence-electron chi connectivity index (χ1n) is 5.89. The summed E-state index contributed by atoms with van der Waals surface area (Å²) in [6.45, 7) is 1.02. The highest BCUT2D eigenvalue weighted by atomic mass is 35.5. The molecule has 0 spiro atoms. The number of hydrogen-bond donors (Lipinski definition) is 2. The first-order chi connectivity index (χ1) is 8.56. The summed E-state index contributed by atoms with van der Waals surface area (Å²) in [7, 11) is 1.76. The number of amides is 1. The van der Waals surface area contributed by atoms with Gasteiger partial charge in [0.05, 0.1) is 17.2 Å². The van der Waals surface area contributed by atoms with Gasteiger partial charge in [-0.3, -0.25) is 4.79 Å². The summed E-state index contributed by atoms with van der Waals surface area (Å²) < 4.78 is 6.92. The van der Waals surface area contributed by atoms with Crippen LogP contribution in [0.1, 0.15) is 23.3 Å².